The van der Waals surface area contributed by atoms with Crippen LogP contribution in [0.2, 0.25) is 10.0 Å². The summed E-state index contributed by atoms with van der Waals surface area (Å²) in [5.41, 5.74) is 5.48. The molecule has 9 nitrogen and oxygen atoms in total. The van der Waals surface area contributed by atoms with E-state index in [0.717, 1.165) is 48.9 Å². The van der Waals surface area contributed by atoms with Crippen molar-refractivity contribution >= 4 is 46.7 Å². The number of aliphatic hydroxyl groups excluding tert-OH is 1. The lowest BCUT2D eigenvalue weighted by Gasteiger charge is -2.32. The summed E-state index contributed by atoms with van der Waals surface area (Å²) < 4.78 is 22.9. The Morgan fingerprint density at radius 1 is 1.15 bits per heavy atom. The van der Waals surface area contributed by atoms with Gasteiger partial charge in [0.2, 0.25) is 0 Å². The third-order valence-electron chi connectivity index (χ3n) is 11.2. The Hall–Kier alpha value is -3.80. The van der Waals surface area contributed by atoms with Gasteiger partial charge >= 0.3 is 0 Å². The number of hydrogen-bond donors (Lipinski definition) is 3. The van der Waals surface area contributed by atoms with E-state index in [1.54, 1.807) is 36.5 Å². The topological polar surface area (TPSA) is 105 Å². The molecule has 7 rings (SSSR count). The fourth-order valence-electron chi connectivity index (χ4n) is 8.35. The molecule has 0 radical (unpaired) electrons. The molecule has 1 aliphatic heterocycles. The molecule has 2 aliphatic carbocycles. The zero-order valence-corrected chi connectivity index (χ0v) is 31.2. The van der Waals surface area contributed by atoms with Crippen molar-refractivity contribution in [2.75, 3.05) is 38.7 Å². The summed E-state index contributed by atoms with van der Waals surface area (Å²) in [5.74, 6) is 0.839. The highest BCUT2D eigenvalue weighted by Gasteiger charge is 2.44. The van der Waals surface area contributed by atoms with Gasteiger partial charge in [0.15, 0.2) is 5.82 Å². The highest BCUT2D eigenvalue weighted by molar-refractivity contribution is 6.39. The monoisotopic (exact) mass is 746 g/mol. The first-order chi connectivity index (χ1) is 25.2. The zero-order chi connectivity index (χ0) is 36.4. The molecule has 2 fully saturated rings. The maximum Gasteiger partial charge on any atom is 0.291 e. The van der Waals surface area contributed by atoms with Gasteiger partial charge in [-0.2, -0.15) is 0 Å². The molecule has 12 heteroatoms. The number of nitrogens with one attached hydrogen (secondary N) is 2. The van der Waals surface area contributed by atoms with Crippen molar-refractivity contribution in [3.63, 3.8) is 0 Å². The van der Waals surface area contributed by atoms with Crippen LogP contribution in [0.25, 0.3) is 23.0 Å². The number of aromatic nitrogens is 3. The van der Waals surface area contributed by atoms with Gasteiger partial charge in [-0.1, -0.05) is 53.5 Å². The molecule has 1 amide bonds. The lowest BCUT2D eigenvalue weighted by Crippen LogP contribution is -2.34. The number of carbonyl (C=O) groups is 1. The number of carbonyl (C=O) groups excluding carboxylic acids is 1. The molecular formula is C40H45Cl2FN6O3. The molecule has 0 saturated heterocycles. The average Bonchev–Trinajstić information content (AvgIpc) is 3.86. The molecule has 3 N–H and O–H groups in total. The Kier molecular flexibility index (Phi) is 11.0. The predicted octanol–water partition coefficient (Wildman–Crippen LogP) is 7.93. The van der Waals surface area contributed by atoms with Crippen molar-refractivity contribution in [1.82, 2.24) is 24.8 Å². The molecule has 0 unspecified atom stereocenters. The van der Waals surface area contributed by atoms with Gasteiger partial charge in [-0.05, 0) is 74.1 Å². The second-order valence-corrected chi connectivity index (χ2v) is 15.2. The van der Waals surface area contributed by atoms with E-state index >= 15 is 4.39 Å². The predicted molar refractivity (Wildman–Crippen MR) is 204 cm³/mol. The first kappa shape index (κ1) is 36.6. The summed E-state index contributed by atoms with van der Waals surface area (Å²) in [4.78, 5) is 25.3. The van der Waals surface area contributed by atoms with Crippen molar-refractivity contribution < 1.29 is 19.0 Å². The van der Waals surface area contributed by atoms with Gasteiger partial charge in [-0.25, -0.2) is 9.37 Å². The van der Waals surface area contributed by atoms with E-state index in [0.29, 0.717) is 62.5 Å². The van der Waals surface area contributed by atoms with Crippen LogP contribution in [0.3, 0.4) is 0 Å². The van der Waals surface area contributed by atoms with E-state index in [1.807, 2.05) is 17.7 Å². The second kappa shape index (κ2) is 15.7. The third-order valence-corrected chi connectivity index (χ3v) is 12.1. The van der Waals surface area contributed by atoms with E-state index in [-0.39, 0.29) is 18.2 Å². The highest BCUT2D eigenvalue weighted by Crippen LogP contribution is 2.56. The van der Waals surface area contributed by atoms with Crippen LogP contribution in [0, 0.1) is 11.3 Å². The van der Waals surface area contributed by atoms with Gasteiger partial charge in [0.1, 0.15) is 17.3 Å². The molecular weight excluding hydrogens is 702 g/mol. The number of rotatable bonds is 13. The number of nitrogens with zero attached hydrogens (tertiary/aromatic N) is 4. The van der Waals surface area contributed by atoms with E-state index in [4.69, 9.17) is 38.0 Å². The number of pyridine rings is 1. The van der Waals surface area contributed by atoms with Gasteiger partial charge in [-0.15, -0.1) is 0 Å². The number of aliphatic hydroxyl groups is 1. The van der Waals surface area contributed by atoms with Crippen LogP contribution in [0.15, 0.2) is 48.7 Å². The van der Waals surface area contributed by atoms with E-state index < -0.39 is 5.83 Å². The van der Waals surface area contributed by atoms with Crippen LogP contribution in [0.1, 0.15) is 77.4 Å². The Balaban J connectivity index is 1.06. The lowest BCUT2D eigenvalue weighted by molar-refractivity contribution is 0.101. The average molecular weight is 748 g/mol. The minimum Gasteiger partial charge on any atom is -0.496 e. The fourth-order valence-corrected chi connectivity index (χ4v) is 8.91. The molecule has 2 saturated carbocycles. The summed E-state index contributed by atoms with van der Waals surface area (Å²) in [5, 5.41) is 15.7. The molecule has 2 bridgehead atoms. The molecule has 274 valence electrons. The van der Waals surface area contributed by atoms with Gasteiger partial charge < -0.3 is 25.0 Å². The summed E-state index contributed by atoms with van der Waals surface area (Å²) in [6.07, 6.45) is 12.0. The molecule has 0 atom stereocenters. The number of imidazole rings is 1. The number of amides is 1. The number of methoxy groups -OCH3 is 1. The zero-order valence-electron chi connectivity index (χ0n) is 29.7. The molecule has 2 aromatic carbocycles. The second-order valence-electron chi connectivity index (χ2n) is 14.4. The highest BCUT2D eigenvalue weighted by atomic mass is 35.5. The number of anilines is 1. The molecule has 2 aromatic heterocycles. The number of ether oxygens (including phenoxy) is 1. The van der Waals surface area contributed by atoms with Crippen LogP contribution in [0.5, 0.6) is 5.75 Å². The molecule has 52 heavy (non-hydrogen) atoms. The van der Waals surface area contributed by atoms with Gasteiger partial charge in [0, 0.05) is 74.3 Å². The van der Waals surface area contributed by atoms with Gasteiger partial charge in [-0.3, -0.25) is 14.7 Å². The lowest BCUT2D eigenvalue weighted by atomic mass is 9.81. The van der Waals surface area contributed by atoms with Crippen LogP contribution in [0.4, 0.5) is 10.1 Å². The molecule has 4 aromatic rings. The first-order valence-electron chi connectivity index (χ1n) is 18.1. The van der Waals surface area contributed by atoms with Crippen molar-refractivity contribution in [2.24, 2.45) is 18.4 Å². The Labute approximate surface area is 314 Å². The summed E-state index contributed by atoms with van der Waals surface area (Å²) in [6.45, 7) is 3.65. The number of benzene rings is 2. The summed E-state index contributed by atoms with van der Waals surface area (Å²) in [7, 11) is 3.41. The van der Waals surface area contributed by atoms with Crippen molar-refractivity contribution in [2.45, 2.75) is 58.0 Å². The SMILES string of the molecule is COc1cc(/C(F)=C/c2cccc(-c3cccc(NC(=O)c4nc5c(n4C)CCN(CCC46CCC(CC4)C6)C5)c3Cl)c2Cl)ncc1CNCCO. The van der Waals surface area contributed by atoms with Crippen molar-refractivity contribution in [1.29, 1.82) is 0 Å². The summed E-state index contributed by atoms with van der Waals surface area (Å²) >= 11 is 13.8. The van der Waals surface area contributed by atoms with Crippen LogP contribution >= 0.6 is 23.2 Å². The first-order valence-corrected chi connectivity index (χ1v) is 18.8. The maximum atomic E-state index is 15.6. The fraction of sp³-hybridized carbons (Fsp3) is 0.425. The van der Waals surface area contributed by atoms with Gasteiger partial charge in [0.05, 0.1) is 35.1 Å². The number of fused-ring (bicyclic) bond motifs is 3. The smallest absolute Gasteiger partial charge is 0.291 e. The Bertz CT molecular complexity index is 1990. The van der Waals surface area contributed by atoms with Crippen molar-refractivity contribution in [3.8, 4) is 16.9 Å². The minimum absolute atomic E-state index is 0.00137. The largest absolute Gasteiger partial charge is 0.496 e. The standard InChI is InChI=1S/C40H45Cl2FN6O3/c1-48-34-11-16-49(17-14-40-12-9-25(21-40)10-13-40)24-33(34)46-38(48)39(51)47-31-8-4-7-29(37(31)42)28-6-3-5-26(36(28)41)19-30(43)32-20-35(52-2)27(23-45-32)22-44-15-18-50/h3-8,19-20,23,25,44,50H,9-18,21-22,24H2,1-2H3,(H,47,51)/b30-19-. The molecule has 3 heterocycles. The number of halogens is 3. The van der Waals surface area contributed by atoms with Crippen LogP contribution < -0.4 is 15.4 Å². The number of hydrogen-bond acceptors (Lipinski definition) is 7. The third kappa shape index (κ3) is 7.50. The Morgan fingerprint density at radius 3 is 2.65 bits per heavy atom. The summed E-state index contributed by atoms with van der Waals surface area (Å²) in [6, 6.07) is 12.1. The van der Waals surface area contributed by atoms with E-state index in [9.17, 15) is 4.79 Å². The molecule has 0 spiro atoms. The van der Waals surface area contributed by atoms with Gasteiger partial charge in [0.25, 0.3) is 5.91 Å². The quantitative estimate of drug-likeness (QED) is 0.119. The van der Waals surface area contributed by atoms with E-state index in [1.165, 1.54) is 57.8 Å². The normalized spacial score (nSPS) is 20.0. The van der Waals surface area contributed by atoms with Crippen LogP contribution in [-0.2, 0) is 26.6 Å². The Morgan fingerprint density at radius 2 is 1.92 bits per heavy atom. The minimum atomic E-state index is -0.597. The van der Waals surface area contributed by atoms with Crippen molar-refractivity contribution in [3.05, 3.63) is 92.7 Å². The van der Waals surface area contributed by atoms with E-state index in [2.05, 4.69) is 20.5 Å². The maximum absolute atomic E-state index is 15.6. The molecule has 3 aliphatic rings. The van der Waals surface area contributed by atoms with Crippen LogP contribution in [-0.4, -0.2) is 63.8 Å².